The Morgan fingerprint density at radius 1 is 1.00 bits per heavy atom. The van der Waals surface area contributed by atoms with E-state index in [4.69, 9.17) is 23.2 Å². The molecule has 1 N–H and O–H groups in total. The third-order valence-corrected chi connectivity index (χ3v) is 6.07. The van der Waals surface area contributed by atoms with Gasteiger partial charge in [0.05, 0.1) is 11.4 Å². The maximum atomic E-state index is 12.6. The summed E-state index contributed by atoms with van der Waals surface area (Å²) in [5.74, 6) is -0.431. The van der Waals surface area contributed by atoms with Crippen LogP contribution in [0.3, 0.4) is 0 Å². The lowest BCUT2D eigenvalue weighted by Gasteiger charge is -2.18. The van der Waals surface area contributed by atoms with Crippen molar-refractivity contribution in [1.29, 1.82) is 0 Å². The molecule has 2 aromatic rings. The highest BCUT2D eigenvalue weighted by Gasteiger charge is 2.24. The molecule has 0 bridgehead atoms. The van der Waals surface area contributed by atoms with E-state index in [0.29, 0.717) is 5.69 Å². The first-order valence-electron chi connectivity index (χ1n) is 7.81. The second-order valence-electron chi connectivity index (χ2n) is 6.19. The van der Waals surface area contributed by atoms with Crippen molar-refractivity contribution >= 4 is 44.8 Å². The Morgan fingerprint density at radius 2 is 1.50 bits per heavy atom. The average molecular weight is 415 g/mol. The summed E-state index contributed by atoms with van der Waals surface area (Å²) >= 11 is 11.7. The number of carbonyl (C=O) groups is 1. The van der Waals surface area contributed by atoms with Gasteiger partial charge in [-0.3, -0.25) is 4.79 Å². The van der Waals surface area contributed by atoms with E-state index in [9.17, 15) is 13.2 Å². The highest BCUT2D eigenvalue weighted by atomic mass is 35.5. The van der Waals surface area contributed by atoms with E-state index in [2.05, 4.69) is 5.32 Å². The van der Waals surface area contributed by atoms with Crippen LogP contribution in [0.25, 0.3) is 0 Å². The SMILES string of the molecule is Cc1cc(C)c(NC(=O)CN(C)S(=O)(=O)c2cc(Cl)cc(Cl)c2)c(C)c1. The van der Waals surface area contributed by atoms with Gasteiger partial charge in [0.15, 0.2) is 0 Å². The molecule has 0 radical (unpaired) electrons. The standard InChI is InChI=1S/C18H20Cl2N2O3S/c1-11-5-12(2)18(13(3)6-11)21-17(23)10-22(4)26(24,25)16-8-14(19)7-15(20)9-16/h5-9H,10H2,1-4H3,(H,21,23). The number of carbonyl (C=O) groups excluding carboxylic acids is 1. The molecule has 1 amide bonds. The fourth-order valence-electron chi connectivity index (χ4n) is 2.70. The first kappa shape index (κ1) is 20.7. The Hall–Kier alpha value is -1.60. The van der Waals surface area contributed by atoms with Crippen molar-refractivity contribution in [2.45, 2.75) is 25.7 Å². The second kappa shape index (κ2) is 7.96. The molecular weight excluding hydrogens is 395 g/mol. The van der Waals surface area contributed by atoms with E-state index in [1.807, 2.05) is 32.9 Å². The van der Waals surface area contributed by atoms with E-state index < -0.39 is 15.9 Å². The highest BCUT2D eigenvalue weighted by Crippen LogP contribution is 2.25. The van der Waals surface area contributed by atoms with Crippen LogP contribution in [0.1, 0.15) is 16.7 Å². The number of aryl methyl sites for hydroxylation is 3. The van der Waals surface area contributed by atoms with E-state index in [0.717, 1.165) is 21.0 Å². The number of hydrogen-bond donors (Lipinski definition) is 1. The van der Waals surface area contributed by atoms with Gasteiger partial charge in [-0.15, -0.1) is 0 Å². The molecule has 0 saturated carbocycles. The van der Waals surface area contributed by atoms with Crippen LogP contribution in [-0.4, -0.2) is 32.2 Å². The predicted molar refractivity (Wildman–Crippen MR) is 106 cm³/mol. The molecular formula is C18H20Cl2N2O3S. The molecule has 0 fully saturated rings. The zero-order valence-electron chi connectivity index (χ0n) is 14.9. The van der Waals surface area contributed by atoms with Crippen molar-refractivity contribution in [3.8, 4) is 0 Å². The molecule has 140 valence electrons. The van der Waals surface area contributed by atoms with Crippen LogP contribution < -0.4 is 5.32 Å². The van der Waals surface area contributed by atoms with Crippen LogP contribution in [0, 0.1) is 20.8 Å². The third kappa shape index (κ3) is 4.76. The summed E-state index contributed by atoms with van der Waals surface area (Å²) in [7, 11) is -2.56. The Labute approximate surface area is 164 Å². The smallest absolute Gasteiger partial charge is 0.243 e. The third-order valence-electron chi connectivity index (χ3n) is 3.85. The average Bonchev–Trinajstić information content (AvgIpc) is 2.49. The lowest BCUT2D eigenvalue weighted by molar-refractivity contribution is -0.116. The monoisotopic (exact) mass is 414 g/mol. The van der Waals surface area contributed by atoms with Crippen LogP contribution >= 0.6 is 23.2 Å². The van der Waals surface area contributed by atoms with Crippen molar-refractivity contribution < 1.29 is 13.2 Å². The van der Waals surface area contributed by atoms with Crippen molar-refractivity contribution in [3.05, 3.63) is 57.1 Å². The zero-order chi connectivity index (χ0) is 19.6. The van der Waals surface area contributed by atoms with E-state index in [-0.39, 0.29) is 21.5 Å². The minimum atomic E-state index is -3.89. The largest absolute Gasteiger partial charge is 0.324 e. The lowest BCUT2D eigenvalue weighted by Crippen LogP contribution is -2.35. The van der Waals surface area contributed by atoms with Gasteiger partial charge >= 0.3 is 0 Å². The summed E-state index contributed by atoms with van der Waals surface area (Å²) in [6.45, 7) is 5.43. The minimum Gasteiger partial charge on any atom is -0.324 e. The molecule has 0 atom stereocenters. The van der Waals surface area contributed by atoms with E-state index in [1.165, 1.54) is 25.2 Å². The van der Waals surface area contributed by atoms with Gasteiger partial charge in [0, 0.05) is 22.8 Å². The molecule has 5 nitrogen and oxygen atoms in total. The molecule has 0 aliphatic rings. The first-order valence-corrected chi connectivity index (χ1v) is 10.0. The van der Waals surface area contributed by atoms with Gasteiger partial charge in [0.25, 0.3) is 0 Å². The molecule has 2 rings (SSSR count). The summed E-state index contributed by atoms with van der Waals surface area (Å²) in [5.41, 5.74) is 3.62. The number of benzene rings is 2. The fourth-order valence-corrected chi connectivity index (χ4v) is 4.56. The number of halogens is 2. The Bertz CT molecular complexity index is 916. The molecule has 0 spiro atoms. The summed E-state index contributed by atoms with van der Waals surface area (Å²) in [6, 6.07) is 7.95. The summed E-state index contributed by atoms with van der Waals surface area (Å²) in [6.07, 6.45) is 0. The van der Waals surface area contributed by atoms with Gasteiger partial charge in [-0.1, -0.05) is 40.9 Å². The van der Waals surface area contributed by atoms with Crippen molar-refractivity contribution in [2.75, 3.05) is 18.9 Å². The lowest BCUT2D eigenvalue weighted by atomic mass is 10.1. The van der Waals surface area contributed by atoms with Gasteiger partial charge in [-0.2, -0.15) is 4.31 Å². The first-order chi connectivity index (χ1) is 12.0. The molecule has 2 aromatic carbocycles. The van der Waals surface area contributed by atoms with Crippen LogP contribution in [-0.2, 0) is 14.8 Å². The molecule has 0 aliphatic heterocycles. The van der Waals surface area contributed by atoms with Gasteiger partial charge in [-0.05, 0) is 50.1 Å². The van der Waals surface area contributed by atoms with E-state index in [1.54, 1.807) is 0 Å². The highest BCUT2D eigenvalue weighted by molar-refractivity contribution is 7.89. The van der Waals surface area contributed by atoms with Crippen LogP contribution in [0.2, 0.25) is 10.0 Å². The quantitative estimate of drug-likeness (QED) is 0.797. The normalized spacial score (nSPS) is 11.7. The molecule has 0 heterocycles. The number of nitrogens with zero attached hydrogens (tertiary/aromatic N) is 1. The molecule has 0 saturated heterocycles. The number of amides is 1. The molecule has 26 heavy (non-hydrogen) atoms. The zero-order valence-corrected chi connectivity index (χ0v) is 17.3. The Kier molecular flexibility index (Phi) is 6.34. The number of hydrogen-bond acceptors (Lipinski definition) is 3. The second-order valence-corrected chi connectivity index (χ2v) is 9.11. The summed E-state index contributed by atoms with van der Waals surface area (Å²) in [4.78, 5) is 12.3. The molecule has 0 unspecified atom stereocenters. The van der Waals surface area contributed by atoms with Crippen LogP contribution in [0.4, 0.5) is 5.69 Å². The van der Waals surface area contributed by atoms with Crippen molar-refractivity contribution in [2.24, 2.45) is 0 Å². The molecule has 0 aromatic heterocycles. The topological polar surface area (TPSA) is 66.5 Å². The van der Waals surface area contributed by atoms with Gasteiger partial charge in [-0.25, -0.2) is 8.42 Å². The summed E-state index contributed by atoms with van der Waals surface area (Å²) in [5, 5.41) is 3.20. The van der Waals surface area contributed by atoms with Crippen molar-refractivity contribution in [1.82, 2.24) is 4.31 Å². The fraction of sp³-hybridized carbons (Fsp3) is 0.278. The molecule has 0 aliphatic carbocycles. The van der Waals surface area contributed by atoms with Crippen LogP contribution in [0.15, 0.2) is 35.2 Å². The predicted octanol–water partition coefficient (Wildman–Crippen LogP) is 4.18. The van der Waals surface area contributed by atoms with Gasteiger partial charge < -0.3 is 5.32 Å². The van der Waals surface area contributed by atoms with Gasteiger partial charge in [0.2, 0.25) is 15.9 Å². The van der Waals surface area contributed by atoms with Crippen molar-refractivity contribution in [3.63, 3.8) is 0 Å². The Morgan fingerprint density at radius 3 is 2.00 bits per heavy atom. The number of sulfonamides is 1. The molecule has 8 heteroatoms. The summed E-state index contributed by atoms with van der Waals surface area (Å²) < 4.78 is 26.2. The maximum absolute atomic E-state index is 12.6. The minimum absolute atomic E-state index is 0.0620. The van der Waals surface area contributed by atoms with E-state index >= 15 is 0 Å². The Balaban J connectivity index is 2.18. The number of anilines is 1. The number of nitrogens with one attached hydrogen (secondary N) is 1. The van der Waals surface area contributed by atoms with Gasteiger partial charge in [0.1, 0.15) is 0 Å². The maximum Gasteiger partial charge on any atom is 0.243 e. The number of likely N-dealkylation sites (N-methyl/N-ethyl adjacent to an activating group) is 1. The number of rotatable bonds is 5. The van der Waals surface area contributed by atoms with Crippen LogP contribution in [0.5, 0.6) is 0 Å².